The molecule has 0 aliphatic heterocycles. The van der Waals surface area contributed by atoms with Crippen LogP contribution < -0.4 is 5.48 Å². The van der Waals surface area contributed by atoms with Crippen LogP contribution in [0.3, 0.4) is 0 Å². The van der Waals surface area contributed by atoms with Crippen LogP contribution in [-0.4, -0.2) is 31.7 Å². The van der Waals surface area contributed by atoms with Gasteiger partial charge in [0.2, 0.25) is 0 Å². The SMILES string of the molecule is C=CN(O)C(=O)NO.Cc1cccc(O)c1O. The molecule has 0 aliphatic carbocycles. The zero-order valence-corrected chi connectivity index (χ0v) is 9.16. The highest BCUT2D eigenvalue weighted by molar-refractivity contribution is 5.72. The van der Waals surface area contributed by atoms with Crippen molar-refractivity contribution in [2.45, 2.75) is 6.92 Å². The molecule has 5 N–H and O–H groups in total. The van der Waals surface area contributed by atoms with Crippen molar-refractivity contribution in [2.75, 3.05) is 0 Å². The molecule has 0 spiro atoms. The van der Waals surface area contributed by atoms with E-state index in [1.54, 1.807) is 19.1 Å². The van der Waals surface area contributed by atoms with Gasteiger partial charge in [0, 0.05) is 6.20 Å². The lowest BCUT2D eigenvalue weighted by atomic mass is 10.2. The molecular weight excluding hydrogens is 228 g/mol. The molecule has 17 heavy (non-hydrogen) atoms. The highest BCUT2D eigenvalue weighted by Gasteiger charge is 2.01. The Kier molecular flexibility index (Phi) is 6.16. The summed E-state index contributed by atoms with van der Waals surface area (Å²) >= 11 is 0. The molecule has 7 nitrogen and oxygen atoms in total. The maximum Gasteiger partial charge on any atom is 0.369 e. The van der Waals surface area contributed by atoms with Crippen molar-refractivity contribution in [3.8, 4) is 11.5 Å². The number of amides is 2. The zero-order chi connectivity index (χ0) is 13.4. The van der Waals surface area contributed by atoms with Crippen LogP contribution in [0.2, 0.25) is 0 Å². The lowest BCUT2D eigenvalue weighted by molar-refractivity contribution is -0.0125. The zero-order valence-electron chi connectivity index (χ0n) is 9.16. The fourth-order valence-corrected chi connectivity index (χ4v) is 0.778. The summed E-state index contributed by atoms with van der Waals surface area (Å²) < 4.78 is 0. The van der Waals surface area contributed by atoms with Gasteiger partial charge in [0.25, 0.3) is 0 Å². The highest BCUT2D eigenvalue weighted by atomic mass is 16.5. The fraction of sp³-hybridized carbons (Fsp3) is 0.100. The standard InChI is InChI=1S/C7H8O2.C3H6N2O3/c1-5-3-2-4-6(8)7(5)9;1-2-5(8)3(6)4-7/h2-4,8-9H,1H3;2,7-8H,1H2,(H,4,6). The number of hydrogen-bond acceptors (Lipinski definition) is 5. The number of carbonyl (C=O) groups excluding carboxylic acids is 1. The van der Waals surface area contributed by atoms with Crippen LogP contribution in [0, 0.1) is 6.92 Å². The van der Waals surface area contributed by atoms with Gasteiger partial charge in [-0.3, -0.25) is 10.4 Å². The van der Waals surface area contributed by atoms with Crippen molar-refractivity contribution in [3.63, 3.8) is 0 Å². The first-order chi connectivity index (χ1) is 7.93. The Bertz CT molecular complexity index is 374. The van der Waals surface area contributed by atoms with E-state index in [0.29, 0.717) is 5.56 Å². The Balaban J connectivity index is 0.000000304. The Labute approximate surface area is 97.8 Å². The van der Waals surface area contributed by atoms with Gasteiger partial charge in [0.15, 0.2) is 11.5 Å². The van der Waals surface area contributed by atoms with Crippen molar-refractivity contribution in [3.05, 3.63) is 36.5 Å². The first-order valence-electron chi connectivity index (χ1n) is 4.46. The minimum Gasteiger partial charge on any atom is -0.504 e. The summed E-state index contributed by atoms with van der Waals surface area (Å²) in [6, 6.07) is 3.82. The van der Waals surface area contributed by atoms with Crippen molar-refractivity contribution < 1.29 is 25.4 Å². The second kappa shape index (κ2) is 7.09. The fourth-order valence-electron chi connectivity index (χ4n) is 0.778. The van der Waals surface area contributed by atoms with Crippen molar-refractivity contribution in [2.24, 2.45) is 0 Å². The van der Waals surface area contributed by atoms with Crippen LogP contribution in [0.1, 0.15) is 5.56 Å². The molecule has 1 aromatic rings. The topological polar surface area (TPSA) is 113 Å². The summed E-state index contributed by atoms with van der Waals surface area (Å²) in [6.45, 7) is 4.76. The van der Waals surface area contributed by atoms with E-state index in [0.717, 1.165) is 6.20 Å². The quantitative estimate of drug-likeness (QED) is 0.289. The lowest BCUT2D eigenvalue weighted by Gasteiger charge is -2.04. The van der Waals surface area contributed by atoms with Gasteiger partial charge in [-0.2, -0.15) is 5.06 Å². The number of nitrogens with one attached hydrogen (secondary N) is 1. The van der Waals surface area contributed by atoms with Crippen molar-refractivity contribution in [1.29, 1.82) is 0 Å². The van der Waals surface area contributed by atoms with Gasteiger partial charge in [0.1, 0.15) is 0 Å². The van der Waals surface area contributed by atoms with E-state index in [9.17, 15) is 4.79 Å². The van der Waals surface area contributed by atoms with Gasteiger partial charge in [-0.25, -0.2) is 10.3 Å². The van der Waals surface area contributed by atoms with E-state index in [1.807, 2.05) is 0 Å². The first-order valence-corrected chi connectivity index (χ1v) is 4.46. The van der Waals surface area contributed by atoms with Gasteiger partial charge in [-0.1, -0.05) is 18.7 Å². The second-order valence-electron chi connectivity index (χ2n) is 2.89. The average molecular weight is 242 g/mol. The monoisotopic (exact) mass is 242 g/mol. The number of aromatic hydroxyl groups is 2. The number of phenolic OH excluding ortho intramolecular Hbond substituents is 2. The number of rotatable bonds is 1. The largest absolute Gasteiger partial charge is 0.504 e. The summed E-state index contributed by atoms with van der Waals surface area (Å²) in [4.78, 5) is 9.99. The number of para-hydroxylation sites is 1. The van der Waals surface area contributed by atoms with E-state index in [2.05, 4.69) is 6.58 Å². The smallest absolute Gasteiger partial charge is 0.369 e. The maximum atomic E-state index is 9.99. The molecule has 0 fully saturated rings. The van der Waals surface area contributed by atoms with Gasteiger partial charge in [0.05, 0.1) is 0 Å². The Morgan fingerprint density at radius 1 is 1.47 bits per heavy atom. The molecule has 0 unspecified atom stereocenters. The Morgan fingerprint density at radius 3 is 2.35 bits per heavy atom. The minimum absolute atomic E-state index is 0.0301. The van der Waals surface area contributed by atoms with Crippen LogP contribution in [-0.2, 0) is 0 Å². The summed E-state index contributed by atoms with van der Waals surface area (Å²) in [7, 11) is 0. The molecule has 1 rings (SSSR count). The number of benzene rings is 1. The summed E-state index contributed by atoms with van der Waals surface area (Å²) in [5.74, 6) is -0.0903. The Hall–Kier alpha value is -2.25. The number of aryl methyl sites for hydroxylation is 1. The van der Waals surface area contributed by atoms with Gasteiger partial charge < -0.3 is 10.2 Å². The molecule has 94 valence electrons. The molecule has 0 saturated carbocycles. The summed E-state index contributed by atoms with van der Waals surface area (Å²) in [6.07, 6.45) is 0.839. The summed E-state index contributed by atoms with van der Waals surface area (Å²) in [5.41, 5.74) is 1.87. The van der Waals surface area contributed by atoms with Crippen LogP contribution in [0.15, 0.2) is 31.0 Å². The average Bonchev–Trinajstić information content (AvgIpc) is 2.34. The number of hydroxylamine groups is 3. The van der Waals surface area contributed by atoms with Gasteiger partial charge in [-0.05, 0) is 18.6 Å². The molecule has 1 aromatic carbocycles. The lowest BCUT2D eigenvalue weighted by Crippen LogP contribution is -2.31. The van der Waals surface area contributed by atoms with Crippen LogP contribution in [0.5, 0.6) is 11.5 Å². The predicted octanol–water partition coefficient (Wildman–Crippen LogP) is 1.33. The third kappa shape index (κ3) is 4.87. The third-order valence-corrected chi connectivity index (χ3v) is 1.69. The molecule has 0 radical (unpaired) electrons. The van der Waals surface area contributed by atoms with E-state index in [1.165, 1.54) is 11.5 Å². The van der Waals surface area contributed by atoms with Gasteiger partial charge >= 0.3 is 6.03 Å². The summed E-state index contributed by atoms with van der Waals surface area (Å²) in [5, 5.41) is 34.0. The van der Waals surface area contributed by atoms with Crippen molar-refractivity contribution in [1.82, 2.24) is 10.5 Å². The minimum atomic E-state index is -1.04. The van der Waals surface area contributed by atoms with E-state index >= 15 is 0 Å². The number of nitrogens with zero attached hydrogens (tertiary/aromatic N) is 1. The van der Waals surface area contributed by atoms with E-state index < -0.39 is 6.03 Å². The molecule has 0 aliphatic rings. The third-order valence-electron chi connectivity index (χ3n) is 1.69. The molecule has 0 saturated heterocycles. The van der Waals surface area contributed by atoms with Crippen LogP contribution in [0.25, 0.3) is 0 Å². The molecule has 2 amide bonds. The molecular formula is C10H14N2O5. The number of urea groups is 1. The first kappa shape index (κ1) is 14.8. The van der Waals surface area contributed by atoms with Crippen LogP contribution in [0.4, 0.5) is 4.79 Å². The number of carbonyl (C=O) groups is 1. The molecule has 0 atom stereocenters. The van der Waals surface area contributed by atoms with Gasteiger partial charge in [-0.15, -0.1) is 0 Å². The highest BCUT2D eigenvalue weighted by Crippen LogP contribution is 2.26. The molecule has 0 bridgehead atoms. The van der Waals surface area contributed by atoms with E-state index in [-0.39, 0.29) is 16.6 Å². The Morgan fingerprint density at radius 2 is 2.06 bits per heavy atom. The van der Waals surface area contributed by atoms with E-state index in [4.69, 9.17) is 20.6 Å². The second-order valence-corrected chi connectivity index (χ2v) is 2.89. The normalized spacial score (nSPS) is 8.65. The van der Waals surface area contributed by atoms with Crippen molar-refractivity contribution >= 4 is 6.03 Å². The number of phenols is 2. The molecule has 0 aromatic heterocycles. The predicted molar refractivity (Wildman–Crippen MR) is 58.6 cm³/mol. The maximum absolute atomic E-state index is 9.99. The molecule has 0 heterocycles. The molecule has 7 heteroatoms. The van der Waals surface area contributed by atoms with Crippen LogP contribution >= 0.6 is 0 Å². The number of hydrogen-bond donors (Lipinski definition) is 5.